The number of aliphatic hydroxyl groups is 2. The van der Waals surface area contributed by atoms with Crippen LogP contribution in [0.1, 0.15) is 65.7 Å². The van der Waals surface area contributed by atoms with Gasteiger partial charge in [-0.05, 0) is 86.5 Å². The maximum absolute atomic E-state index is 12.1. The fraction of sp³-hybridized carbons (Fsp3) is 0.857. The van der Waals surface area contributed by atoms with Crippen LogP contribution in [0.3, 0.4) is 0 Å². The lowest BCUT2D eigenvalue weighted by molar-refractivity contribution is -0.157. The zero-order valence-corrected chi connectivity index (χ0v) is 15.3. The SMILES string of the molecule is CC(=O)C1=CCC2C3CCC4CC(O)CCC4(C)C3CC(O)C12C. The average Bonchev–Trinajstić information content (AvgIpc) is 2.88. The molecule has 4 aliphatic rings. The predicted octanol–water partition coefficient (Wildman–Crippen LogP) is 3.49. The molecule has 8 unspecified atom stereocenters. The van der Waals surface area contributed by atoms with Gasteiger partial charge >= 0.3 is 0 Å². The molecule has 0 radical (unpaired) electrons. The third-order valence-corrected chi connectivity index (χ3v) is 8.71. The molecule has 3 nitrogen and oxygen atoms in total. The van der Waals surface area contributed by atoms with E-state index in [-0.39, 0.29) is 22.7 Å². The van der Waals surface area contributed by atoms with Crippen molar-refractivity contribution in [3.63, 3.8) is 0 Å². The van der Waals surface area contributed by atoms with E-state index in [0.717, 1.165) is 37.7 Å². The first-order valence-corrected chi connectivity index (χ1v) is 9.86. The normalized spacial score (nSPS) is 53.6. The van der Waals surface area contributed by atoms with Gasteiger partial charge in [-0.2, -0.15) is 0 Å². The quantitative estimate of drug-likeness (QED) is 0.773. The van der Waals surface area contributed by atoms with Crippen LogP contribution in [0.15, 0.2) is 11.6 Å². The van der Waals surface area contributed by atoms with Gasteiger partial charge in [0.15, 0.2) is 5.78 Å². The largest absolute Gasteiger partial charge is 0.393 e. The average molecular weight is 332 g/mol. The topological polar surface area (TPSA) is 57.5 Å². The summed E-state index contributed by atoms with van der Waals surface area (Å²) < 4.78 is 0. The molecular formula is C21H32O3. The highest BCUT2D eigenvalue weighted by Crippen LogP contribution is 2.66. The van der Waals surface area contributed by atoms with Crippen molar-refractivity contribution in [1.82, 2.24) is 0 Å². The van der Waals surface area contributed by atoms with Crippen LogP contribution in [-0.4, -0.2) is 28.2 Å². The van der Waals surface area contributed by atoms with Crippen molar-refractivity contribution in [1.29, 1.82) is 0 Å². The van der Waals surface area contributed by atoms with Crippen LogP contribution in [0.25, 0.3) is 0 Å². The number of hydrogen-bond donors (Lipinski definition) is 2. The highest BCUT2D eigenvalue weighted by Gasteiger charge is 2.62. The molecule has 0 aromatic carbocycles. The summed E-state index contributed by atoms with van der Waals surface area (Å²) in [5, 5.41) is 21.2. The second-order valence-corrected chi connectivity index (χ2v) is 9.53. The van der Waals surface area contributed by atoms with E-state index in [4.69, 9.17) is 0 Å². The number of Topliss-reactive ketones (excluding diaryl/α,β-unsaturated/α-hetero) is 1. The molecule has 3 fully saturated rings. The summed E-state index contributed by atoms with van der Waals surface area (Å²) in [7, 11) is 0. The highest BCUT2D eigenvalue weighted by molar-refractivity contribution is 5.95. The first kappa shape index (κ1) is 16.8. The van der Waals surface area contributed by atoms with Gasteiger partial charge in [0.25, 0.3) is 0 Å². The monoisotopic (exact) mass is 332 g/mol. The third kappa shape index (κ3) is 2.07. The standard InChI is InChI=1S/C21H32O3/c1-12(22)16-6-7-17-15-5-4-13-10-14(23)8-9-20(13,2)18(15)11-19(24)21(16,17)3/h6,13-15,17-19,23-24H,4-5,7-11H2,1-3H3. The molecule has 8 atom stereocenters. The molecule has 2 N–H and O–H groups in total. The van der Waals surface area contributed by atoms with E-state index in [1.165, 1.54) is 12.8 Å². The molecule has 0 aliphatic heterocycles. The smallest absolute Gasteiger partial charge is 0.156 e. The Morgan fingerprint density at radius 2 is 1.88 bits per heavy atom. The molecular weight excluding hydrogens is 300 g/mol. The lowest BCUT2D eigenvalue weighted by Crippen LogP contribution is -2.58. The molecule has 24 heavy (non-hydrogen) atoms. The van der Waals surface area contributed by atoms with Crippen molar-refractivity contribution >= 4 is 5.78 Å². The van der Waals surface area contributed by atoms with Gasteiger partial charge < -0.3 is 10.2 Å². The summed E-state index contributed by atoms with van der Waals surface area (Å²) in [5.41, 5.74) is 0.790. The zero-order chi connectivity index (χ0) is 17.3. The van der Waals surface area contributed by atoms with Crippen molar-refractivity contribution in [2.45, 2.75) is 77.9 Å². The van der Waals surface area contributed by atoms with Gasteiger partial charge in [-0.3, -0.25) is 4.79 Å². The minimum atomic E-state index is -0.413. The Balaban J connectivity index is 1.67. The van der Waals surface area contributed by atoms with Gasteiger partial charge in [-0.25, -0.2) is 0 Å². The second kappa shape index (κ2) is 5.41. The molecule has 134 valence electrons. The minimum Gasteiger partial charge on any atom is -0.393 e. The van der Waals surface area contributed by atoms with Crippen molar-refractivity contribution in [2.75, 3.05) is 0 Å². The number of carbonyl (C=O) groups is 1. The van der Waals surface area contributed by atoms with Gasteiger partial charge in [0.2, 0.25) is 0 Å². The zero-order valence-electron chi connectivity index (χ0n) is 15.3. The Morgan fingerprint density at radius 3 is 2.58 bits per heavy atom. The third-order valence-electron chi connectivity index (χ3n) is 8.71. The number of aliphatic hydroxyl groups excluding tert-OH is 2. The number of rotatable bonds is 1. The number of carbonyl (C=O) groups excluding carboxylic acids is 1. The summed E-state index contributed by atoms with van der Waals surface area (Å²) in [4.78, 5) is 12.1. The number of allylic oxidation sites excluding steroid dienone is 1. The van der Waals surface area contributed by atoms with E-state index in [0.29, 0.717) is 23.7 Å². The first-order chi connectivity index (χ1) is 11.3. The lowest BCUT2D eigenvalue weighted by atomic mass is 9.44. The summed E-state index contributed by atoms with van der Waals surface area (Å²) >= 11 is 0. The van der Waals surface area contributed by atoms with E-state index < -0.39 is 6.10 Å². The molecule has 0 aromatic heterocycles. The van der Waals surface area contributed by atoms with E-state index >= 15 is 0 Å². The predicted molar refractivity (Wildman–Crippen MR) is 93.3 cm³/mol. The van der Waals surface area contributed by atoms with E-state index in [9.17, 15) is 15.0 Å². The molecule has 0 heterocycles. The van der Waals surface area contributed by atoms with Crippen LogP contribution in [0.2, 0.25) is 0 Å². The maximum Gasteiger partial charge on any atom is 0.156 e. The number of hydrogen-bond acceptors (Lipinski definition) is 3. The molecule has 0 aromatic rings. The van der Waals surface area contributed by atoms with Crippen LogP contribution < -0.4 is 0 Å². The first-order valence-electron chi connectivity index (χ1n) is 9.86. The van der Waals surface area contributed by atoms with Gasteiger partial charge in [0.1, 0.15) is 0 Å². The van der Waals surface area contributed by atoms with Crippen LogP contribution in [0, 0.1) is 34.5 Å². The van der Waals surface area contributed by atoms with Gasteiger partial charge in [-0.1, -0.05) is 19.9 Å². The maximum atomic E-state index is 12.1. The molecule has 4 aliphatic carbocycles. The Labute approximate surface area is 145 Å². The van der Waals surface area contributed by atoms with E-state index in [1.54, 1.807) is 6.92 Å². The fourth-order valence-corrected chi connectivity index (χ4v) is 7.31. The molecule has 0 bridgehead atoms. The highest BCUT2D eigenvalue weighted by atomic mass is 16.3. The Kier molecular flexibility index (Phi) is 3.78. The fourth-order valence-electron chi connectivity index (χ4n) is 7.31. The Morgan fingerprint density at radius 1 is 1.12 bits per heavy atom. The van der Waals surface area contributed by atoms with E-state index in [1.807, 2.05) is 0 Å². The number of ketones is 1. The molecule has 0 saturated heterocycles. The number of fused-ring (bicyclic) bond motifs is 5. The van der Waals surface area contributed by atoms with Crippen molar-refractivity contribution in [3.8, 4) is 0 Å². The molecule has 0 amide bonds. The molecule has 0 spiro atoms. The molecule has 4 rings (SSSR count). The van der Waals surface area contributed by atoms with Gasteiger partial charge in [-0.15, -0.1) is 0 Å². The van der Waals surface area contributed by atoms with Crippen molar-refractivity contribution < 1.29 is 15.0 Å². The van der Waals surface area contributed by atoms with Crippen molar-refractivity contribution in [2.24, 2.45) is 34.5 Å². The Bertz CT molecular complexity index is 582. The van der Waals surface area contributed by atoms with Gasteiger partial charge in [0.05, 0.1) is 12.2 Å². The van der Waals surface area contributed by atoms with Crippen LogP contribution >= 0.6 is 0 Å². The van der Waals surface area contributed by atoms with Crippen molar-refractivity contribution in [3.05, 3.63) is 11.6 Å². The summed E-state index contributed by atoms with van der Waals surface area (Å²) in [6, 6.07) is 0. The summed E-state index contributed by atoms with van der Waals surface area (Å²) in [6.45, 7) is 6.21. The van der Waals surface area contributed by atoms with E-state index in [2.05, 4.69) is 19.9 Å². The minimum absolute atomic E-state index is 0.129. The van der Waals surface area contributed by atoms with Gasteiger partial charge in [0, 0.05) is 5.41 Å². The van der Waals surface area contributed by atoms with Crippen LogP contribution in [0.5, 0.6) is 0 Å². The Hall–Kier alpha value is -0.670. The summed E-state index contributed by atoms with van der Waals surface area (Å²) in [6.07, 6.45) is 8.69. The molecule has 3 heteroatoms. The second-order valence-electron chi connectivity index (χ2n) is 9.53. The lowest BCUT2D eigenvalue weighted by Gasteiger charge is -2.61. The molecule has 3 saturated carbocycles. The summed E-state index contributed by atoms with van der Waals surface area (Å²) in [5.74, 6) is 2.30. The van der Waals surface area contributed by atoms with Crippen LogP contribution in [-0.2, 0) is 4.79 Å². The van der Waals surface area contributed by atoms with Crippen LogP contribution in [0.4, 0.5) is 0 Å².